The zero-order valence-electron chi connectivity index (χ0n) is 10.5. The molecule has 2 rings (SSSR count). The molecule has 2 aromatic heterocycles. The Balaban J connectivity index is 1.88. The Bertz CT molecular complexity index is 676. The van der Waals surface area contributed by atoms with Gasteiger partial charge in [-0.25, -0.2) is 18.1 Å². The highest BCUT2D eigenvalue weighted by Crippen LogP contribution is 2.21. The molecule has 0 aliphatic carbocycles. The molecule has 0 aliphatic heterocycles. The largest absolute Gasteiger partial charge is 0.389 e. The third-order valence-electron chi connectivity index (χ3n) is 2.53. The molecule has 0 radical (unpaired) electrons. The molecule has 0 saturated carbocycles. The van der Waals surface area contributed by atoms with Crippen LogP contribution < -0.4 is 10.5 Å². The molecule has 0 atom stereocenters. The van der Waals surface area contributed by atoms with Gasteiger partial charge >= 0.3 is 0 Å². The maximum atomic E-state index is 12.0. The second-order valence-corrected chi connectivity index (χ2v) is 7.55. The molecule has 0 bridgehead atoms. The number of nitrogens with two attached hydrogens (primary N) is 1. The summed E-state index contributed by atoms with van der Waals surface area (Å²) in [6, 6.07) is 3.13. The van der Waals surface area contributed by atoms with E-state index in [1.54, 1.807) is 18.6 Å². The molecule has 108 valence electrons. The van der Waals surface area contributed by atoms with Gasteiger partial charge in [0.15, 0.2) is 0 Å². The van der Waals surface area contributed by atoms with Crippen molar-refractivity contribution in [3.8, 4) is 0 Å². The molecule has 2 aromatic rings. The van der Waals surface area contributed by atoms with E-state index in [1.165, 1.54) is 6.07 Å². The number of rotatable bonds is 7. The highest BCUT2D eigenvalue weighted by Gasteiger charge is 2.16. The third-order valence-corrected chi connectivity index (χ3v) is 5.95. The zero-order chi connectivity index (χ0) is 14.6. The van der Waals surface area contributed by atoms with Crippen LogP contribution in [-0.2, 0) is 16.6 Å². The van der Waals surface area contributed by atoms with E-state index in [2.05, 4.69) is 9.71 Å². The lowest BCUT2D eigenvalue weighted by atomic mass is 10.4. The van der Waals surface area contributed by atoms with Gasteiger partial charge in [0, 0.05) is 25.5 Å². The Morgan fingerprint density at radius 3 is 2.90 bits per heavy atom. The van der Waals surface area contributed by atoms with Crippen molar-refractivity contribution in [1.82, 2.24) is 14.3 Å². The molecule has 9 heteroatoms. The fraction of sp³-hybridized carbons (Fsp3) is 0.273. The van der Waals surface area contributed by atoms with E-state index < -0.39 is 10.0 Å². The lowest BCUT2D eigenvalue weighted by Crippen LogP contribution is -2.24. The molecule has 0 amide bonds. The van der Waals surface area contributed by atoms with E-state index in [0.29, 0.717) is 24.4 Å². The summed E-state index contributed by atoms with van der Waals surface area (Å²) >= 11 is 5.89. The SMILES string of the molecule is NC(=S)c1ccc(S(=O)(=O)NCCCn2ccnc2)s1. The number of thiophene rings is 1. The van der Waals surface area contributed by atoms with Gasteiger partial charge in [0.05, 0.1) is 11.2 Å². The molecule has 6 nitrogen and oxygen atoms in total. The van der Waals surface area contributed by atoms with Gasteiger partial charge in [-0.1, -0.05) is 12.2 Å². The normalized spacial score (nSPS) is 11.6. The molecule has 0 unspecified atom stereocenters. The average molecular weight is 330 g/mol. The Kier molecular flexibility index (Phi) is 4.86. The second kappa shape index (κ2) is 6.44. The van der Waals surface area contributed by atoms with Crippen LogP contribution in [0.4, 0.5) is 0 Å². The topological polar surface area (TPSA) is 90.0 Å². The molecule has 2 heterocycles. The van der Waals surface area contributed by atoms with Gasteiger partial charge in [0.25, 0.3) is 0 Å². The molecular formula is C11H14N4O2S3. The first kappa shape index (κ1) is 15.1. The Morgan fingerprint density at radius 1 is 1.50 bits per heavy atom. The van der Waals surface area contributed by atoms with Gasteiger partial charge in [0.1, 0.15) is 9.20 Å². The highest BCUT2D eigenvalue weighted by molar-refractivity contribution is 7.91. The summed E-state index contributed by atoms with van der Waals surface area (Å²) in [5.41, 5.74) is 5.46. The van der Waals surface area contributed by atoms with Crippen molar-refractivity contribution >= 4 is 38.6 Å². The number of hydrogen-bond acceptors (Lipinski definition) is 5. The van der Waals surface area contributed by atoms with Crippen molar-refractivity contribution in [1.29, 1.82) is 0 Å². The predicted octanol–water partition coefficient (Wildman–Crippen LogP) is 0.947. The first-order chi connectivity index (χ1) is 9.49. The maximum Gasteiger partial charge on any atom is 0.250 e. The van der Waals surface area contributed by atoms with Crippen LogP contribution >= 0.6 is 23.6 Å². The van der Waals surface area contributed by atoms with Gasteiger partial charge in [0.2, 0.25) is 10.0 Å². The van der Waals surface area contributed by atoms with Crippen molar-refractivity contribution in [2.75, 3.05) is 6.54 Å². The van der Waals surface area contributed by atoms with E-state index in [-0.39, 0.29) is 9.20 Å². The zero-order valence-corrected chi connectivity index (χ0v) is 13.0. The summed E-state index contributed by atoms with van der Waals surface area (Å²) < 4.78 is 28.7. The molecule has 0 aliphatic rings. The summed E-state index contributed by atoms with van der Waals surface area (Å²) in [5.74, 6) is 0. The fourth-order valence-electron chi connectivity index (χ4n) is 1.56. The number of nitrogens with one attached hydrogen (secondary N) is 1. The van der Waals surface area contributed by atoms with E-state index in [9.17, 15) is 8.42 Å². The maximum absolute atomic E-state index is 12.0. The van der Waals surface area contributed by atoms with Crippen LogP contribution in [0.25, 0.3) is 0 Å². The van der Waals surface area contributed by atoms with Gasteiger partial charge in [-0.15, -0.1) is 11.3 Å². The van der Waals surface area contributed by atoms with Crippen LogP contribution in [0.2, 0.25) is 0 Å². The molecule has 0 saturated heterocycles. The van der Waals surface area contributed by atoms with E-state index in [0.717, 1.165) is 11.3 Å². The minimum absolute atomic E-state index is 0.205. The van der Waals surface area contributed by atoms with Crippen molar-refractivity contribution in [2.45, 2.75) is 17.2 Å². The van der Waals surface area contributed by atoms with Gasteiger partial charge in [-0.2, -0.15) is 0 Å². The summed E-state index contributed by atoms with van der Waals surface area (Å²) in [6.45, 7) is 1.08. The number of nitrogens with zero attached hydrogens (tertiary/aromatic N) is 2. The quantitative estimate of drug-likeness (QED) is 0.583. The molecule has 0 fully saturated rings. The first-order valence-corrected chi connectivity index (χ1v) is 8.55. The molecule has 0 aromatic carbocycles. The predicted molar refractivity (Wildman–Crippen MR) is 82.2 cm³/mol. The molecule has 20 heavy (non-hydrogen) atoms. The number of sulfonamides is 1. The van der Waals surface area contributed by atoms with Crippen LogP contribution in [0.5, 0.6) is 0 Å². The van der Waals surface area contributed by atoms with Crippen molar-refractivity contribution in [3.05, 3.63) is 35.7 Å². The number of hydrogen-bond donors (Lipinski definition) is 2. The van der Waals surface area contributed by atoms with Gasteiger partial charge in [-0.05, 0) is 18.6 Å². The van der Waals surface area contributed by atoms with Gasteiger partial charge in [-0.3, -0.25) is 0 Å². The summed E-state index contributed by atoms with van der Waals surface area (Å²) in [6.07, 6.45) is 5.90. The van der Waals surface area contributed by atoms with Gasteiger partial charge < -0.3 is 10.3 Å². The third kappa shape index (κ3) is 3.85. The average Bonchev–Trinajstić information content (AvgIpc) is 3.05. The van der Waals surface area contributed by atoms with Crippen LogP contribution in [0, 0.1) is 0 Å². The minimum atomic E-state index is -3.49. The van der Waals surface area contributed by atoms with E-state index >= 15 is 0 Å². The van der Waals surface area contributed by atoms with Crippen LogP contribution in [-0.4, -0.2) is 29.5 Å². The fourth-order valence-corrected chi connectivity index (χ4v) is 4.03. The lowest BCUT2D eigenvalue weighted by Gasteiger charge is -2.05. The highest BCUT2D eigenvalue weighted by atomic mass is 32.2. The summed E-state index contributed by atoms with van der Waals surface area (Å²) in [7, 11) is -3.49. The smallest absolute Gasteiger partial charge is 0.250 e. The van der Waals surface area contributed by atoms with E-state index in [4.69, 9.17) is 18.0 Å². The lowest BCUT2D eigenvalue weighted by molar-refractivity contribution is 0.571. The second-order valence-electron chi connectivity index (χ2n) is 4.03. The Hall–Kier alpha value is -1.29. The first-order valence-electron chi connectivity index (χ1n) is 5.84. The summed E-state index contributed by atoms with van der Waals surface area (Å²) in [5, 5.41) is 0. The molecular weight excluding hydrogens is 316 g/mol. The number of aryl methyl sites for hydroxylation is 1. The Labute approximate surface area is 126 Å². The van der Waals surface area contributed by atoms with Crippen LogP contribution in [0.3, 0.4) is 0 Å². The van der Waals surface area contributed by atoms with Crippen molar-refractivity contribution < 1.29 is 8.42 Å². The monoisotopic (exact) mass is 330 g/mol. The van der Waals surface area contributed by atoms with Crippen LogP contribution in [0.1, 0.15) is 11.3 Å². The standard InChI is InChI=1S/C11H14N4O2S3/c12-11(18)9-2-3-10(19-9)20(16,17)14-4-1-6-15-7-5-13-8-15/h2-3,5,7-8,14H,1,4,6H2,(H2,12,18). The molecule has 3 N–H and O–H groups in total. The number of aromatic nitrogens is 2. The number of thiocarbonyl (C=S) groups is 1. The summed E-state index contributed by atoms with van der Waals surface area (Å²) in [4.78, 5) is 4.72. The molecule has 0 spiro atoms. The van der Waals surface area contributed by atoms with E-state index in [1.807, 2.05) is 10.8 Å². The van der Waals surface area contributed by atoms with Crippen LogP contribution in [0.15, 0.2) is 35.1 Å². The van der Waals surface area contributed by atoms with Crippen molar-refractivity contribution in [3.63, 3.8) is 0 Å². The number of imidazole rings is 1. The van der Waals surface area contributed by atoms with Crippen molar-refractivity contribution in [2.24, 2.45) is 5.73 Å². The minimum Gasteiger partial charge on any atom is -0.389 e. The Morgan fingerprint density at radius 2 is 2.30 bits per heavy atom.